The standard InChI is InChI=1S/C13H16N4O2S/c1-8-7-9(2)12(10(3)11(8)14)20(18,19)17-13-15-5-4-6-16-13/h4-7H,14H2,1-3H3,(H,15,16,17). The van der Waals surface area contributed by atoms with E-state index in [2.05, 4.69) is 14.7 Å². The number of rotatable bonds is 3. The number of hydrogen-bond acceptors (Lipinski definition) is 5. The van der Waals surface area contributed by atoms with E-state index in [0.717, 1.165) is 5.56 Å². The summed E-state index contributed by atoms with van der Waals surface area (Å²) in [6, 6.07) is 3.36. The molecule has 0 aliphatic carbocycles. The first kappa shape index (κ1) is 14.3. The van der Waals surface area contributed by atoms with Gasteiger partial charge in [-0.2, -0.15) is 0 Å². The maximum absolute atomic E-state index is 12.5. The Hall–Kier alpha value is -2.15. The van der Waals surface area contributed by atoms with E-state index in [4.69, 9.17) is 5.73 Å². The van der Waals surface area contributed by atoms with Crippen LogP contribution in [0, 0.1) is 20.8 Å². The molecule has 0 atom stereocenters. The van der Waals surface area contributed by atoms with E-state index < -0.39 is 10.0 Å². The number of nitrogens with two attached hydrogens (primary N) is 1. The van der Waals surface area contributed by atoms with Gasteiger partial charge in [0.25, 0.3) is 10.0 Å². The van der Waals surface area contributed by atoms with E-state index in [1.165, 1.54) is 12.4 Å². The summed E-state index contributed by atoms with van der Waals surface area (Å²) in [5, 5.41) is 0. The molecule has 1 heterocycles. The molecule has 7 heteroatoms. The highest BCUT2D eigenvalue weighted by molar-refractivity contribution is 7.92. The van der Waals surface area contributed by atoms with Crippen LogP contribution in [0.1, 0.15) is 16.7 Å². The summed E-state index contributed by atoms with van der Waals surface area (Å²) in [4.78, 5) is 7.89. The monoisotopic (exact) mass is 292 g/mol. The maximum atomic E-state index is 12.5. The molecule has 0 saturated heterocycles. The van der Waals surface area contributed by atoms with Crippen molar-refractivity contribution in [3.8, 4) is 0 Å². The number of nitrogen functional groups attached to an aromatic ring is 1. The Morgan fingerprint density at radius 1 is 1.10 bits per heavy atom. The molecule has 2 rings (SSSR count). The molecule has 0 radical (unpaired) electrons. The number of sulfonamides is 1. The molecule has 0 aliphatic rings. The average molecular weight is 292 g/mol. The minimum Gasteiger partial charge on any atom is -0.398 e. The fraction of sp³-hybridized carbons (Fsp3) is 0.231. The highest BCUT2D eigenvalue weighted by Crippen LogP contribution is 2.28. The van der Waals surface area contributed by atoms with E-state index in [1.54, 1.807) is 26.0 Å². The first-order valence-corrected chi connectivity index (χ1v) is 7.47. The third-order valence-corrected chi connectivity index (χ3v) is 4.64. The lowest BCUT2D eigenvalue weighted by Crippen LogP contribution is -2.18. The van der Waals surface area contributed by atoms with Crippen LogP contribution in [0.2, 0.25) is 0 Å². The molecule has 2 aromatic rings. The largest absolute Gasteiger partial charge is 0.398 e. The Kier molecular flexibility index (Phi) is 3.63. The molecule has 3 N–H and O–H groups in total. The molecular formula is C13H16N4O2S. The van der Waals surface area contributed by atoms with Crippen LogP contribution < -0.4 is 10.5 Å². The van der Waals surface area contributed by atoms with Crippen molar-refractivity contribution in [2.75, 3.05) is 10.5 Å². The van der Waals surface area contributed by atoms with E-state index in [-0.39, 0.29) is 10.8 Å². The predicted octanol–water partition coefficient (Wildman–Crippen LogP) is 1.78. The zero-order chi connectivity index (χ0) is 14.9. The highest BCUT2D eigenvalue weighted by atomic mass is 32.2. The summed E-state index contributed by atoms with van der Waals surface area (Å²) in [7, 11) is -3.77. The van der Waals surface area contributed by atoms with Gasteiger partial charge in [0.2, 0.25) is 5.95 Å². The van der Waals surface area contributed by atoms with E-state index in [9.17, 15) is 8.42 Å². The van der Waals surface area contributed by atoms with Crippen molar-refractivity contribution < 1.29 is 8.42 Å². The second kappa shape index (κ2) is 5.09. The van der Waals surface area contributed by atoms with Crippen molar-refractivity contribution in [2.45, 2.75) is 25.7 Å². The van der Waals surface area contributed by atoms with Gasteiger partial charge in [0.05, 0.1) is 4.90 Å². The van der Waals surface area contributed by atoms with Crippen LogP contribution in [0.4, 0.5) is 11.6 Å². The number of anilines is 2. The van der Waals surface area contributed by atoms with Crippen LogP contribution in [0.3, 0.4) is 0 Å². The topological polar surface area (TPSA) is 98.0 Å². The average Bonchev–Trinajstić information content (AvgIpc) is 2.36. The number of hydrogen-bond donors (Lipinski definition) is 2. The quantitative estimate of drug-likeness (QED) is 0.840. The lowest BCUT2D eigenvalue weighted by molar-refractivity contribution is 0.599. The number of benzene rings is 1. The molecule has 0 spiro atoms. The number of aryl methyl sites for hydroxylation is 2. The maximum Gasteiger partial charge on any atom is 0.264 e. The van der Waals surface area contributed by atoms with Gasteiger partial charge in [-0.15, -0.1) is 0 Å². The Balaban J connectivity index is 2.53. The van der Waals surface area contributed by atoms with Crippen LogP contribution in [-0.4, -0.2) is 18.4 Å². The second-order valence-electron chi connectivity index (χ2n) is 4.56. The third-order valence-electron chi connectivity index (χ3n) is 3.02. The first-order chi connectivity index (χ1) is 9.33. The molecule has 6 nitrogen and oxygen atoms in total. The Morgan fingerprint density at radius 3 is 2.30 bits per heavy atom. The predicted molar refractivity (Wildman–Crippen MR) is 77.9 cm³/mol. The normalized spacial score (nSPS) is 11.3. The molecule has 1 aromatic heterocycles. The van der Waals surface area contributed by atoms with Crippen molar-refractivity contribution in [3.05, 3.63) is 41.2 Å². The van der Waals surface area contributed by atoms with Crippen molar-refractivity contribution in [3.63, 3.8) is 0 Å². The summed E-state index contributed by atoms with van der Waals surface area (Å²) in [6.45, 7) is 5.27. The fourth-order valence-electron chi connectivity index (χ4n) is 2.12. The molecule has 106 valence electrons. The van der Waals surface area contributed by atoms with Gasteiger partial charge in [0, 0.05) is 18.1 Å². The third kappa shape index (κ3) is 2.57. The zero-order valence-electron chi connectivity index (χ0n) is 11.5. The number of aromatic nitrogens is 2. The van der Waals surface area contributed by atoms with Crippen molar-refractivity contribution in [1.82, 2.24) is 9.97 Å². The summed E-state index contributed by atoms with van der Waals surface area (Å²) in [5.74, 6) is 0.0328. The second-order valence-corrected chi connectivity index (χ2v) is 6.18. The van der Waals surface area contributed by atoms with Crippen LogP contribution in [-0.2, 0) is 10.0 Å². The summed E-state index contributed by atoms with van der Waals surface area (Å²) >= 11 is 0. The van der Waals surface area contributed by atoms with E-state index in [1.807, 2.05) is 6.92 Å². The van der Waals surface area contributed by atoms with Gasteiger partial charge in [0.1, 0.15) is 0 Å². The van der Waals surface area contributed by atoms with Gasteiger partial charge < -0.3 is 5.73 Å². The summed E-state index contributed by atoms with van der Waals surface area (Å²) in [6.07, 6.45) is 2.93. The molecule has 0 unspecified atom stereocenters. The minimum atomic E-state index is -3.77. The number of nitrogens with one attached hydrogen (secondary N) is 1. The van der Waals surface area contributed by atoms with Gasteiger partial charge in [-0.25, -0.2) is 23.1 Å². The van der Waals surface area contributed by atoms with E-state index in [0.29, 0.717) is 16.8 Å². The molecule has 1 aromatic carbocycles. The van der Waals surface area contributed by atoms with Crippen LogP contribution in [0.5, 0.6) is 0 Å². The smallest absolute Gasteiger partial charge is 0.264 e. The lowest BCUT2D eigenvalue weighted by Gasteiger charge is -2.15. The van der Waals surface area contributed by atoms with Gasteiger partial charge in [-0.1, -0.05) is 6.07 Å². The lowest BCUT2D eigenvalue weighted by atomic mass is 10.1. The Morgan fingerprint density at radius 2 is 1.70 bits per heavy atom. The Labute approximate surface area is 118 Å². The van der Waals surface area contributed by atoms with Crippen molar-refractivity contribution >= 4 is 21.7 Å². The van der Waals surface area contributed by atoms with Gasteiger partial charge in [0.15, 0.2) is 0 Å². The number of nitrogens with zero attached hydrogens (tertiary/aromatic N) is 2. The molecule has 20 heavy (non-hydrogen) atoms. The van der Waals surface area contributed by atoms with Gasteiger partial charge >= 0.3 is 0 Å². The molecule has 0 fully saturated rings. The van der Waals surface area contributed by atoms with Crippen LogP contribution in [0.15, 0.2) is 29.4 Å². The van der Waals surface area contributed by atoms with E-state index >= 15 is 0 Å². The zero-order valence-corrected chi connectivity index (χ0v) is 12.3. The molecular weight excluding hydrogens is 276 g/mol. The van der Waals surface area contributed by atoms with Crippen LogP contribution in [0.25, 0.3) is 0 Å². The Bertz CT molecular complexity index is 743. The van der Waals surface area contributed by atoms with Crippen LogP contribution >= 0.6 is 0 Å². The summed E-state index contributed by atoms with van der Waals surface area (Å²) in [5.41, 5.74) is 8.42. The molecule has 0 amide bonds. The first-order valence-electron chi connectivity index (χ1n) is 5.99. The van der Waals surface area contributed by atoms with Crippen molar-refractivity contribution in [1.29, 1.82) is 0 Å². The summed E-state index contributed by atoms with van der Waals surface area (Å²) < 4.78 is 27.3. The van der Waals surface area contributed by atoms with Gasteiger partial charge in [-0.3, -0.25) is 0 Å². The highest BCUT2D eigenvalue weighted by Gasteiger charge is 2.22. The molecule has 0 bridgehead atoms. The van der Waals surface area contributed by atoms with Crippen molar-refractivity contribution in [2.24, 2.45) is 0 Å². The molecule has 0 aliphatic heterocycles. The fourth-order valence-corrected chi connectivity index (χ4v) is 3.56. The van der Waals surface area contributed by atoms with Gasteiger partial charge in [-0.05, 0) is 43.5 Å². The SMILES string of the molecule is Cc1cc(C)c(S(=O)(=O)Nc2ncccn2)c(C)c1N. The minimum absolute atomic E-state index is 0.0328. The molecule has 0 saturated carbocycles.